The molecule has 2 nitrogen and oxygen atoms in total. The highest BCUT2D eigenvalue weighted by atomic mass is 16.5. The van der Waals surface area contributed by atoms with Gasteiger partial charge in [0.15, 0.2) is 0 Å². The summed E-state index contributed by atoms with van der Waals surface area (Å²) in [5.74, 6) is 0.264. The standard InChI is InChI=1S/C14H12O2/c1-3-11-5-4-6-12-9-13(16-10(2)15)7-8-14(11)12/h3-9H,1H2,2H3. The molecule has 0 N–H and O–H groups in total. The summed E-state index contributed by atoms with van der Waals surface area (Å²) in [7, 11) is 0. The van der Waals surface area contributed by atoms with Gasteiger partial charge in [-0.3, -0.25) is 4.79 Å². The number of rotatable bonds is 2. The molecule has 0 aromatic heterocycles. The van der Waals surface area contributed by atoms with Crippen molar-refractivity contribution in [3.8, 4) is 5.75 Å². The van der Waals surface area contributed by atoms with Crippen LogP contribution in [-0.2, 0) is 4.79 Å². The van der Waals surface area contributed by atoms with Gasteiger partial charge in [-0.05, 0) is 28.5 Å². The van der Waals surface area contributed by atoms with Crippen molar-refractivity contribution in [3.63, 3.8) is 0 Å². The first kappa shape index (κ1) is 10.4. The second-order valence-electron chi connectivity index (χ2n) is 3.53. The smallest absolute Gasteiger partial charge is 0.308 e. The molecule has 80 valence electrons. The van der Waals surface area contributed by atoms with Crippen LogP contribution < -0.4 is 4.74 Å². The van der Waals surface area contributed by atoms with Gasteiger partial charge in [0, 0.05) is 6.92 Å². The molecule has 0 aliphatic carbocycles. The van der Waals surface area contributed by atoms with E-state index in [1.54, 1.807) is 6.07 Å². The van der Waals surface area contributed by atoms with Gasteiger partial charge in [-0.1, -0.05) is 36.9 Å². The van der Waals surface area contributed by atoms with Gasteiger partial charge in [0.2, 0.25) is 0 Å². The SMILES string of the molecule is C=Cc1cccc2cc(OC(C)=O)ccc12. The van der Waals surface area contributed by atoms with E-state index in [1.165, 1.54) is 6.92 Å². The maximum absolute atomic E-state index is 10.8. The Morgan fingerprint density at radius 2 is 2.12 bits per heavy atom. The number of fused-ring (bicyclic) bond motifs is 1. The van der Waals surface area contributed by atoms with Gasteiger partial charge in [-0.2, -0.15) is 0 Å². The third kappa shape index (κ3) is 1.96. The van der Waals surface area contributed by atoms with E-state index >= 15 is 0 Å². The summed E-state index contributed by atoms with van der Waals surface area (Å²) < 4.78 is 5.03. The third-order valence-electron chi connectivity index (χ3n) is 2.37. The van der Waals surface area contributed by atoms with Gasteiger partial charge in [0.25, 0.3) is 0 Å². The minimum atomic E-state index is -0.306. The van der Waals surface area contributed by atoms with Crippen LogP contribution in [0, 0.1) is 0 Å². The van der Waals surface area contributed by atoms with Crippen molar-refractivity contribution in [2.24, 2.45) is 0 Å². The molecular formula is C14H12O2. The van der Waals surface area contributed by atoms with Crippen LogP contribution in [0.2, 0.25) is 0 Å². The predicted molar refractivity (Wildman–Crippen MR) is 65.3 cm³/mol. The monoisotopic (exact) mass is 212 g/mol. The fourth-order valence-electron chi connectivity index (χ4n) is 1.69. The number of ether oxygens (including phenoxy) is 1. The minimum absolute atomic E-state index is 0.306. The number of esters is 1. The highest BCUT2D eigenvalue weighted by Gasteiger charge is 2.01. The van der Waals surface area contributed by atoms with E-state index < -0.39 is 0 Å². The summed E-state index contributed by atoms with van der Waals surface area (Å²) in [6, 6.07) is 11.5. The Morgan fingerprint density at radius 1 is 1.31 bits per heavy atom. The molecule has 0 unspecified atom stereocenters. The molecule has 0 amide bonds. The predicted octanol–water partition coefficient (Wildman–Crippen LogP) is 3.41. The van der Waals surface area contributed by atoms with Crippen molar-refractivity contribution in [3.05, 3.63) is 48.5 Å². The van der Waals surface area contributed by atoms with E-state index in [1.807, 2.05) is 36.4 Å². The lowest BCUT2D eigenvalue weighted by Crippen LogP contribution is -2.00. The number of hydrogen-bond acceptors (Lipinski definition) is 2. The maximum Gasteiger partial charge on any atom is 0.308 e. The third-order valence-corrected chi connectivity index (χ3v) is 2.37. The van der Waals surface area contributed by atoms with Crippen molar-refractivity contribution in [1.82, 2.24) is 0 Å². The molecule has 0 aliphatic rings. The van der Waals surface area contributed by atoms with Crippen molar-refractivity contribution < 1.29 is 9.53 Å². The zero-order chi connectivity index (χ0) is 11.5. The van der Waals surface area contributed by atoms with Gasteiger partial charge in [0.1, 0.15) is 5.75 Å². The van der Waals surface area contributed by atoms with Gasteiger partial charge < -0.3 is 4.74 Å². The van der Waals surface area contributed by atoms with Crippen LogP contribution in [0.15, 0.2) is 43.0 Å². The van der Waals surface area contributed by atoms with Gasteiger partial charge in [-0.15, -0.1) is 0 Å². The summed E-state index contributed by atoms with van der Waals surface area (Å²) in [4.78, 5) is 10.8. The van der Waals surface area contributed by atoms with Crippen molar-refractivity contribution in [2.45, 2.75) is 6.92 Å². The Labute approximate surface area is 94.2 Å². The molecule has 0 atom stereocenters. The quantitative estimate of drug-likeness (QED) is 0.563. The average Bonchev–Trinajstić information content (AvgIpc) is 2.27. The first-order chi connectivity index (χ1) is 7.70. The van der Waals surface area contributed by atoms with E-state index in [4.69, 9.17) is 4.74 Å². The fraction of sp³-hybridized carbons (Fsp3) is 0.0714. The van der Waals surface area contributed by atoms with Crippen LogP contribution in [0.4, 0.5) is 0 Å². The van der Waals surface area contributed by atoms with Crippen molar-refractivity contribution in [2.75, 3.05) is 0 Å². The zero-order valence-corrected chi connectivity index (χ0v) is 9.07. The van der Waals surface area contributed by atoms with E-state index in [0.29, 0.717) is 5.75 Å². The molecule has 0 radical (unpaired) electrons. The molecule has 0 bridgehead atoms. The highest BCUT2D eigenvalue weighted by Crippen LogP contribution is 2.24. The lowest BCUT2D eigenvalue weighted by Gasteiger charge is -2.05. The molecular weight excluding hydrogens is 200 g/mol. The second kappa shape index (κ2) is 4.19. The largest absolute Gasteiger partial charge is 0.427 e. The van der Waals surface area contributed by atoms with Gasteiger partial charge in [-0.25, -0.2) is 0 Å². The lowest BCUT2D eigenvalue weighted by atomic mass is 10.0. The van der Waals surface area contributed by atoms with Crippen LogP contribution in [0.1, 0.15) is 12.5 Å². The van der Waals surface area contributed by atoms with Gasteiger partial charge in [0.05, 0.1) is 0 Å². The van der Waals surface area contributed by atoms with Crippen molar-refractivity contribution >= 4 is 22.8 Å². The second-order valence-corrected chi connectivity index (χ2v) is 3.53. The topological polar surface area (TPSA) is 26.3 Å². The Bertz CT molecular complexity index is 556. The lowest BCUT2D eigenvalue weighted by molar-refractivity contribution is -0.131. The van der Waals surface area contributed by atoms with E-state index in [-0.39, 0.29) is 5.97 Å². The molecule has 16 heavy (non-hydrogen) atoms. The van der Waals surface area contributed by atoms with E-state index in [9.17, 15) is 4.79 Å². The van der Waals surface area contributed by atoms with Crippen LogP contribution in [0.3, 0.4) is 0 Å². The van der Waals surface area contributed by atoms with Crippen LogP contribution in [-0.4, -0.2) is 5.97 Å². The summed E-state index contributed by atoms with van der Waals surface area (Å²) >= 11 is 0. The zero-order valence-electron chi connectivity index (χ0n) is 9.07. The molecule has 2 heteroatoms. The average molecular weight is 212 g/mol. The first-order valence-corrected chi connectivity index (χ1v) is 5.04. The Balaban J connectivity index is 2.55. The Hall–Kier alpha value is -2.09. The highest BCUT2D eigenvalue weighted by molar-refractivity contribution is 5.91. The first-order valence-electron chi connectivity index (χ1n) is 5.04. The molecule has 0 saturated carbocycles. The van der Waals surface area contributed by atoms with Crippen molar-refractivity contribution in [1.29, 1.82) is 0 Å². The number of hydrogen-bond donors (Lipinski definition) is 0. The molecule has 2 aromatic rings. The van der Waals surface area contributed by atoms with E-state index in [0.717, 1.165) is 16.3 Å². The molecule has 2 aromatic carbocycles. The summed E-state index contributed by atoms with van der Waals surface area (Å²) in [5, 5.41) is 2.14. The van der Waals surface area contributed by atoms with Crippen LogP contribution in [0.25, 0.3) is 16.8 Å². The van der Waals surface area contributed by atoms with Crippen LogP contribution in [0.5, 0.6) is 5.75 Å². The van der Waals surface area contributed by atoms with E-state index in [2.05, 4.69) is 6.58 Å². The summed E-state index contributed by atoms with van der Waals surface area (Å²) in [6.07, 6.45) is 1.81. The summed E-state index contributed by atoms with van der Waals surface area (Å²) in [5.41, 5.74) is 1.08. The number of carbonyl (C=O) groups is 1. The Kier molecular flexibility index (Phi) is 2.73. The molecule has 0 aliphatic heterocycles. The number of benzene rings is 2. The molecule has 0 spiro atoms. The number of carbonyl (C=O) groups excluding carboxylic acids is 1. The Morgan fingerprint density at radius 3 is 2.81 bits per heavy atom. The molecule has 0 fully saturated rings. The summed E-state index contributed by atoms with van der Waals surface area (Å²) in [6.45, 7) is 5.16. The van der Waals surface area contributed by atoms with Crippen LogP contribution >= 0.6 is 0 Å². The molecule has 2 rings (SSSR count). The minimum Gasteiger partial charge on any atom is -0.427 e. The molecule has 0 saturated heterocycles. The normalized spacial score (nSPS) is 10.1. The maximum atomic E-state index is 10.8. The fourth-order valence-corrected chi connectivity index (χ4v) is 1.69. The van der Waals surface area contributed by atoms with Gasteiger partial charge >= 0.3 is 5.97 Å². The molecule has 0 heterocycles.